The Hall–Kier alpha value is -3.94. The smallest absolute Gasteiger partial charge is 0.415 e. The van der Waals surface area contributed by atoms with Crippen LogP contribution in [0.4, 0.5) is 9.59 Å². The highest BCUT2D eigenvalue weighted by Crippen LogP contribution is 2.21. The van der Waals surface area contributed by atoms with E-state index in [9.17, 15) is 19.5 Å². The van der Waals surface area contributed by atoms with Crippen molar-refractivity contribution in [2.45, 2.75) is 32.6 Å². The SMILES string of the molecule is CCCCN(C(=O)O)C(=O)N(CCCc1ccccc1)C(=O)c1ncc(-c2ccccc2)o1. The molecule has 4 amide bonds. The van der Waals surface area contributed by atoms with Crippen molar-refractivity contribution in [3.05, 3.63) is 78.3 Å². The van der Waals surface area contributed by atoms with E-state index in [0.717, 1.165) is 16.0 Å². The van der Waals surface area contributed by atoms with Gasteiger partial charge >= 0.3 is 18.0 Å². The Morgan fingerprint density at radius 1 is 0.909 bits per heavy atom. The summed E-state index contributed by atoms with van der Waals surface area (Å²) < 4.78 is 5.63. The van der Waals surface area contributed by atoms with E-state index in [1.165, 1.54) is 6.20 Å². The van der Waals surface area contributed by atoms with Gasteiger partial charge in [-0.05, 0) is 24.8 Å². The van der Waals surface area contributed by atoms with Crippen molar-refractivity contribution in [2.75, 3.05) is 13.1 Å². The maximum atomic E-state index is 13.2. The predicted octanol–water partition coefficient (Wildman–Crippen LogP) is 5.32. The van der Waals surface area contributed by atoms with Gasteiger partial charge in [-0.1, -0.05) is 74.0 Å². The fourth-order valence-electron chi connectivity index (χ4n) is 3.33. The molecule has 3 rings (SSSR count). The first-order valence-electron chi connectivity index (χ1n) is 10.9. The summed E-state index contributed by atoms with van der Waals surface area (Å²) in [5.74, 6) is -0.641. The highest BCUT2D eigenvalue weighted by Gasteiger charge is 2.33. The van der Waals surface area contributed by atoms with Gasteiger partial charge in [0, 0.05) is 18.7 Å². The van der Waals surface area contributed by atoms with E-state index in [1.807, 2.05) is 67.6 Å². The predicted molar refractivity (Wildman–Crippen MR) is 123 cm³/mol. The molecule has 0 spiro atoms. The molecule has 0 aliphatic carbocycles. The molecule has 0 unspecified atom stereocenters. The lowest BCUT2D eigenvalue weighted by Crippen LogP contribution is -2.49. The van der Waals surface area contributed by atoms with Crippen molar-refractivity contribution < 1.29 is 23.9 Å². The fourth-order valence-corrected chi connectivity index (χ4v) is 3.33. The largest absolute Gasteiger partial charge is 0.465 e. The molecule has 0 aliphatic heterocycles. The number of unbranched alkanes of at least 4 members (excludes halogenated alkanes) is 1. The van der Waals surface area contributed by atoms with Crippen LogP contribution >= 0.6 is 0 Å². The topological polar surface area (TPSA) is 104 Å². The van der Waals surface area contributed by atoms with Gasteiger partial charge in [0.1, 0.15) is 0 Å². The van der Waals surface area contributed by atoms with Crippen LogP contribution < -0.4 is 0 Å². The first-order chi connectivity index (χ1) is 16.0. The molecule has 0 bridgehead atoms. The Morgan fingerprint density at radius 2 is 1.55 bits per heavy atom. The molecule has 172 valence electrons. The van der Waals surface area contributed by atoms with Gasteiger partial charge in [-0.25, -0.2) is 19.5 Å². The molecule has 1 heterocycles. The fraction of sp³-hybridized carbons (Fsp3) is 0.280. The van der Waals surface area contributed by atoms with E-state index < -0.39 is 18.0 Å². The average molecular weight is 450 g/mol. The molecule has 1 N–H and O–H groups in total. The van der Waals surface area contributed by atoms with Gasteiger partial charge in [0.2, 0.25) is 0 Å². The van der Waals surface area contributed by atoms with Gasteiger partial charge in [-0.2, -0.15) is 0 Å². The number of amides is 4. The molecule has 0 saturated carbocycles. The third kappa shape index (κ3) is 6.29. The first-order valence-corrected chi connectivity index (χ1v) is 10.9. The Bertz CT molecular complexity index is 1070. The molecular weight excluding hydrogens is 422 g/mol. The van der Waals surface area contributed by atoms with Gasteiger partial charge < -0.3 is 9.52 Å². The molecule has 3 aromatic rings. The number of aryl methyl sites for hydroxylation is 1. The van der Waals surface area contributed by atoms with Gasteiger partial charge in [-0.15, -0.1) is 0 Å². The minimum atomic E-state index is -1.40. The van der Waals surface area contributed by atoms with Crippen LogP contribution in [-0.2, 0) is 6.42 Å². The quantitative estimate of drug-likeness (QED) is 0.474. The van der Waals surface area contributed by atoms with Crippen molar-refractivity contribution in [1.29, 1.82) is 0 Å². The summed E-state index contributed by atoms with van der Waals surface area (Å²) in [7, 11) is 0. The third-order valence-electron chi connectivity index (χ3n) is 5.11. The maximum Gasteiger partial charge on any atom is 0.415 e. The number of hydrogen-bond acceptors (Lipinski definition) is 5. The molecule has 0 radical (unpaired) electrons. The van der Waals surface area contributed by atoms with E-state index in [2.05, 4.69) is 4.98 Å². The van der Waals surface area contributed by atoms with Crippen LogP contribution in [0, 0.1) is 0 Å². The number of hydrogen-bond donors (Lipinski definition) is 1. The first kappa shape index (κ1) is 23.7. The van der Waals surface area contributed by atoms with Crippen molar-refractivity contribution in [2.24, 2.45) is 0 Å². The maximum absolute atomic E-state index is 13.2. The van der Waals surface area contributed by atoms with Crippen molar-refractivity contribution in [3.8, 4) is 11.3 Å². The zero-order valence-corrected chi connectivity index (χ0v) is 18.5. The summed E-state index contributed by atoms with van der Waals surface area (Å²) in [6, 6.07) is 17.9. The number of imide groups is 2. The average Bonchev–Trinajstić information content (AvgIpc) is 3.33. The number of carbonyl (C=O) groups excluding carboxylic acids is 2. The molecule has 0 fully saturated rings. The van der Waals surface area contributed by atoms with Crippen LogP contribution in [0.1, 0.15) is 42.4 Å². The lowest BCUT2D eigenvalue weighted by molar-refractivity contribution is 0.0717. The minimum Gasteiger partial charge on any atom is -0.465 e. The summed E-state index contributed by atoms with van der Waals surface area (Å²) in [6.07, 6.45) is 2.32. The molecule has 8 nitrogen and oxygen atoms in total. The second-order valence-electron chi connectivity index (χ2n) is 7.51. The van der Waals surface area contributed by atoms with Gasteiger partial charge in [0.25, 0.3) is 5.89 Å². The van der Waals surface area contributed by atoms with Gasteiger partial charge in [0.15, 0.2) is 5.76 Å². The van der Waals surface area contributed by atoms with E-state index in [-0.39, 0.29) is 19.0 Å². The van der Waals surface area contributed by atoms with Crippen molar-refractivity contribution in [3.63, 3.8) is 0 Å². The number of urea groups is 1. The third-order valence-corrected chi connectivity index (χ3v) is 5.11. The molecule has 33 heavy (non-hydrogen) atoms. The minimum absolute atomic E-state index is 0.00792. The zero-order valence-electron chi connectivity index (χ0n) is 18.5. The van der Waals surface area contributed by atoms with Crippen LogP contribution in [0.3, 0.4) is 0 Å². The summed E-state index contributed by atoms with van der Waals surface area (Å²) in [6.45, 7) is 1.94. The summed E-state index contributed by atoms with van der Waals surface area (Å²) in [4.78, 5) is 43.7. The number of aromatic nitrogens is 1. The van der Waals surface area contributed by atoms with Crippen LogP contribution in [0.15, 0.2) is 71.3 Å². The second-order valence-corrected chi connectivity index (χ2v) is 7.51. The highest BCUT2D eigenvalue weighted by atomic mass is 16.4. The summed E-state index contributed by atoms with van der Waals surface area (Å²) in [5, 5.41) is 9.56. The molecular formula is C25H27N3O5. The van der Waals surface area contributed by atoms with Crippen molar-refractivity contribution in [1.82, 2.24) is 14.8 Å². The number of oxazole rings is 1. The molecule has 1 aromatic heterocycles. The van der Waals surface area contributed by atoms with Crippen LogP contribution in [0.2, 0.25) is 0 Å². The van der Waals surface area contributed by atoms with E-state index in [0.29, 0.717) is 36.3 Å². The number of nitrogens with zero attached hydrogens (tertiary/aromatic N) is 3. The number of carboxylic acid groups (broad SMARTS) is 1. The molecule has 0 atom stereocenters. The van der Waals surface area contributed by atoms with Crippen LogP contribution in [0.25, 0.3) is 11.3 Å². The molecule has 0 saturated heterocycles. The van der Waals surface area contributed by atoms with Gasteiger partial charge in [0.05, 0.1) is 6.20 Å². The second kappa shape index (κ2) is 11.6. The van der Waals surface area contributed by atoms with E-state index in [1.54, 1.807) is 0 Å². The molecule has 8 heteroatoms. The Labute approximate surface area is 192 Å². The van der Waals surface area contributed by atoms with E-state index >= 15 is 0 Å². The standard InChI is InChI=1S/C25H27N3O5/c1-2-3-16-28(25(31)32)24(30)27(17-10-13-19-11-6-4-7-12-19)23(29)22-26-18-21(33-22)20-14-8-5-9-15-20/h4-9,11-12,14-15,18H,2-3,10,13,16-17H2,1H3,(H,31,32). The van der Waals surface area contributed by atoms with Gasteiger partial charge in [-0.3, -0.25) is 9.69 Å². The molecule has 0 aliphatic rings. The van der Waals surface area contributed by atoms with E-state index in [4.69, 9.17) is 4.42 Å². The monoisotopic (exact) mass is 449 g/mol. The van der Waals surface area contributed by atoms with Crippen molar-refractivity contribution >= 4 is 18.0 Å². The lowest BCUT2D eigenvalue weighted by Gasteiger charge is -2.25. The normalized spacial score (nSPS) is 10.6. The number of rotatable bonds is 9. The molecule has 2 aromatic carbocycles. The Balaban J connectivity index is 1.81. The summed E-state index contributed by atoms with van der Waals surface area (Å²) >= 11 is 0. The number of benzene rings is 2. The zero-order chi connectivity index (χ0) is 23.6. The number of carbonyl (C=O) groups is 3. The summed E-state index contributed by atoms with van der Waals surface area (Å²) in [5.41, 5.74) is 1.79. The Morgan fingerprint density at radius 3 is 2.18 bits per heavy atom. The highest BCUT2D eigenvalue weighted by molar-refractivity contribution is 6.05. The Kier molecular flexibility index (Phi) is 8.35. The van der Waals surface area contributed by atoms with Crippen LogP contribution in [0.5, 0.6) is 0 Å². The lowest BCUT2D eigenvalue weighted by atomic mass is 10.1. The van der Waals surface area contributed by atoms with Crippen LogP contribution in [-0.4, -0.2) is 51.0 Å².